The molecule has 0 saturated heterocycles. The fourth-order valence-electron chi connectivity index (χ4n) is 0.410. The first-order valence-corrected chi connectivity index (χ1v) is 2.38. The maximum atomic E-state index is 9.64. The predicted octanol–water partition coefficient (Wildman–Crippen LogP) is 0.712. The molecule has 2 heteroatoms. The van der Waals surface area contributed by atoms with Gasteiger partial charge in [0, 0.05) is 0 Å². The zero-order valence-electron chi connectivity index (χ0n) is 4.31. The monoisotopic (exact) mass is 100 g/mol. The van der Waals surface area contributed by atoms with Crippen LogP contribution in [0.2, 0.25) is 0 Å². The zero-order chi connectivity index (χ0) is 5.33. The van der Waals surface area contributed by atoms with Gasteiger partial charge in [0.15, 0.2) is 0 Å². The third-order valence-electron chi connectivity index (χ3n) is 1.29. The van der Waals surface area contributed by atoms with Gasteiger partial charge in [-0.2, -0.15) is 0 Å². The van der Waals surface area contributed by atoms with Crippen LogP contribution in [0.3, 0.4) is 0 Å². The normalized spacial score (nSPS) is 23.6. The molecule has 1 fully saturated rings. The van der Waals surface area contributed by atoms with E-state index in [4.69, 9.17) is 0 Å². The fourth-order valence-corrected chi connectivity index (χ4v) is 0.410. The molecule has 0 spiro atoms. The summed E-state index contributed by atoms with van der Waals surface area (Å²) in [7, 11) is 0. The molecule has 0 radical (unpaired) electrons. The van der Waals surface area contributed by atoms with Gasteiger partial charge in [0.1, 0.15) is 5.60 Å². The Morgan fingerprint density at radius 1 is 1.71 bits per heavy atom. The van der Waals surface area contributed by atoms with E-state index < -0.39 is 0 Å². The van der Waals surface area contributed by atoms with Crippen LogP contribution >= 0.6 is 0 Å². The molecule has 0 aromatic rings. The Morgan fingerprint density at radius 3 is 2.43 bits per heavy atom. The molecule has 1 aliphatic rings. The number of rotatable bonds is 2. The van der Waals surface area contributed by atoms with Crippen molar-refractivity contribution in [2.75, 3.05) is 0 Å². The summed E-state index contributed by atoms with van der Waals surface area (Å²) in [6.45, 7) is 2.45. The third-order valence-corrected chi connectivity index (χ3v) is 1.29. The van der Waals surface area contributed by atoms with E-state index in [0.29, 0.717) is 6.47 Å². The molecule has 0 aromatic heterocycles. The van der Waals surface area contributed by atoms with Crippen LogP contribution in [0.1, 0.15) is 19.8 Å². The molecule has 1 aliphatic carbocycles. The van der Waals surface area contributed by atoms with Crippen LogP contribution in [0.5, 0.6) is 0 Å². The van der Waals surface area contributed by atoms with Crippen molar-refractivity contribution in [3.8, 4) is 0 Å². The Kier molecular flexibility index (Phi) is 0.805. The SMILES string of the molecule is CC1(OC=O)CC1. The smallest absolute Gasteiger partial charge is 0.293 e. The molecule has 0 heterocycles. The van der Waals surface area contributed by atoms with Crippen molar-refractivity contribution >= 4 is 6.47 Å². The second kappa shape index (κ2) is 1.22. The van der Waals surface area contributed by atoms with Crippen molar-refractivity contribution in [1.29, 1.82) is 0 Å². The second-order valence-corrected chi connectivity index (χ2v) is 2.16. The number of hydrogen-bond donors (Lipinski definition) is 0. The van der Waals surface area contributed by atoms with Crippen LogP contribution in [0.15, 0.2) is 0 Å². The summed E-state index contributed by atoms with van der Waals surface area (Å²) in [5.41, 5.74) is -0.0677. The van der Waals surface area contributed by atoms with E-state index in [9.17, 15) is 4.79 Å². The summed E-state index contributed by atoms with van der Waals surface area (Å²) < 4.78 is 4.66. The highest BCUT2D eigenvalue weighted by molar-refractivity contribution is 5.39. The molecule has 0 aliphatic heterocycles. The minimum Gasteiger partial charge on any atom is -0.462 e. The minimum atomic E-state index is -0.0677. The van der Waals surface area contributed by atoms with Crippen LogP contribution in [0.25, 0.3) is 0 Å². The highest BCUT2D eigenvalue weighted by Gasteiger charge is 2.39. The quantitative estimate of drug-likeness (QED) is 0.478. The van der Waals surface area contributed by atoms with Crippen LogP contribution in [-0.2, 0) is 9.53 Å². The molecular formula is C5H8O2. The maximum absolute atomic E-state index is 9.64. The van der Waals surface area contributed by atoms with Gasteiger partial charge < -0.3 is 4.74 Å². The highest BCUT2D eigenvalue weighted by Crippen LogP contribution is 2.37. The lowest BCUT2D eigenvalue weighted by atomic mass is 10.4. The van der Waals surface area contributed by atoms with E-state index in [1.807, 2.05) is 6.92 Å². The Bertz CT molecular complexity index is 84.1. The zero-order valence-corrected chi connectivity index (χ0v) is 4.31. The molecule has 2 nitrogen and oxygen atoms in total. The highest BCUT2D eigenvalue weighted by atomic mass is 16.5. The van der Waals surface area contributed by atoms with Crippen LogP contribution in [-0.4, -0.2) is 12.1 Å². The maximum Gasteiger partial charge on any atom is 0.293 e. The molecule has 0 atom stereocenters. The minimum absolute atomic E-state index is 0.0677. The lowest BCUT2D eigenvalue weighted by Crippen LogP contribution is -2.05. The molecule has 0 amide bonds. The van der Waals surface area contributed by atoms with E-state index in [-0.39, 0.29) is 5.60 Å². The van der Waals surface area contributed by atoms with Gasteiger partial charge in [-0.3, -0.25) is 4.79 Å². The van der Waals surface area contributed by atoms with Gasteiger partial charge in [0.25, 0.3) is 6.47 Å². The number of carbonyl (C=O) groups excluding carboxylic acids is 1. The molecule has 40 valence electrons. The van der Waals surface area contributed by atoms with E-state index in [2.05, 4.69) is 4.74 Å². The average molecular weight is 100 g/mol. The van der Waals surface area contributed by atoms with Gasteiger partial charge in [-0.1, -0.05) is 0 Å². The summed E-state index contributed by atoms with van der Waals surface area (Å²) in [6, 6.07) is 0. The van der Waals surface area contributed by atoms with E-state index >= 15 is 0 Å². The molecule has 0 bridgehead atoms. The predicted molar refractivity (Wildman–Crippen MR) is 24.8 cm³/mol. The van der Waals surface area contributed by atoms with Gasteiger partial charge in [0.2, 0.25) is 0 Å². The van der Waals surface area contributed by atoms with Gasteiger partial charge in [-0.05, 0) is 19.8 Å². The van der Waals surface area contributed by atoms with Gasteiger partial charge in [-0.15, -0.1) is 0 Å². The lowest BCUT2D eigenvalue weighted by Gasteiger charge is -2.01. The Morgan fingerprint density at radius 2 is 2.29 bits per heavy atom. The molecule has 0 aromatic carbocycles. The van der Waals surface area contributed by atoms with E-state index in [1.165, 1.54) is 0 Å². The molecule has 0 unspecified atom stereocenters. The van der Waals surface area contributed by atoms with Crippen molar-refractivity contribution in [2.24, 2.45) is 0 Å². The summed E-state index contributed by atoms with van der Waals surface area (Å²) >= 11 is 0. The summed E-state index contributed by atoms with van der Waals surface area (Å²) in [6.07, 6.45) is 2.07. The van der Waals surface area contributed by atoms with Gasteiger partial charge in [0.05, 0.1) is 0 Å². The van der Waals surface area contributed by atoms with E-state index in [1.54, 1.807) is 0 Å². The molecule has 1 saturated carbocycles. The van der Waals surface area contributed by atoms with Crippen molar-refractivity contribution in [2.45, 2.75) is 25.4 Å². The number of carbonyl (C=O) groups is 1. The first kappa shape index (κ1) is 4.62. The van der Waals surface area contributed by atoms with Crippen molar-refractivity contribution in [3.63, 3.8) is 0 Å². The molecule has 0 N–H and O–H groups in total. The summed E-state index contributed by atoms with van der Waals surface area (Å²) in [4.78, 5) is 9.64. The topological polar surface area (TPSA) is 26.3 Å². The van der Waals surface area contributed by atoms with Crippen molar-refractivity contribution < 1.29 is 9.53 Å². The van der Waals surface area contributed by atoms with Crippen LogP contribution in [0, 0.1) is 0 Å². The van der Waals surface area contributed by atoms with Crippen molar-refractivity contribution in [1.82, 2.24) is 0 Å². The van der Waals surface area contributed by atoms with Gasteiger partial charge in [-0.25, -0.2) is 0 Å². The largest absolute Gasteiger partial charge is 0.462 e. The molecule has 1 rings (SSSR count). The first-order chi connectivity index (χ1) is 3.27. The fraction of sp³-hybridized carbons (Fsp3) is 0.800. The Labute approximate surface area is 42.5 Å². The average Bonchev–Trinajstić information content (AvgIpc) is 2.22. The van der Waals surface area contributed by atoms with E-state index in [0.717, 1.165) is 12.8 Å². The van der Waals surface area contributed by atoms with Crippen LogP contribution < -0.4 is 0 Å². The Hall–Kier alpha value is -0.530. The third kappa shape index (κ3) is 0.918. The lowest BCUT2D eigenvalue weighted by molar-refractivity contribution is -0.134. The Balaban J connectivity index is 2.25. The second-order valence-electron chi connectivity index (χ2n) is 2.16. The number of ether oxygens (including phenoxy) is 1. The standard InChI is InChI=1S/C5H8O2/c1-5(2-3-5)7-4-6/h4H,2-3H2,1H3. The molecule has 7 heavy (non-hydrogen) atoms. The summed E-state index contributed by atoms with van der Waals surface area (Å²) in [5.74, 6) is 0. The van der Waals surface area contributed by atoms with Crippen LogP contribution in [0.4, 0.5) is 0 Å². The first-order valence-electron chi connectivity index (χ1n) is 2.38. The van der Waals surface area contributed by atoms with Crippen molar-refractivity contribution in [3.05, 3.63) is 0 Å². The molecular weight excluding hydrogens is 92.1 g/mol. The number of hydrogen-bond acceptors (Lipinski definition) is 2. The van der Waals surface area contributed by atoms with Gasteiger partial charge >= 0.3 is 0 Å². The summed E-state index contributed by atoms with van der Waals surface area (Å²) in [5, 5.41) is 0.